The Morgan fingerprint density at radius 3 is 2.89 bits per heavy atom. The van der Waals surface area contributed by atoms with Gasteiger partial charge in [-0.3, -0.25) is 4.79 Å². The van der Waals surface area contributed by atoms with Crippen LogP contribution in [0.3, 0.4) is 0 Å². The molecule has 6 nitrogen and oxygen atoms in total. The topological polar surface area (TPSA) is 89.6 Å². The first kappa shape index (κ1) is 19.6. The van der Waals surface area contributed by atoms with Crippen LogP contribution in [0.5, 0.6) is 5.75 Å². The van der Waals surface area contributed by atoms with E-state index >= 15 is 0 Å². The number of aromatic nitrogens is 1. The summed E-state index contributed by atoms with van der Waals surface area (Å²) in [7, 11) is 0. The van der Waals surface area contributed by atoms with Crippen LogP contribution in [0.2, 0.25) is 0 Å². The van der Waals surface area contributed by atoms with Gasteiger partial charge >= 0.3 is 0 Å². The number of hydrogen-bond donors (Lipinski definition) is 2. The second-order valence-corrected chi connectivity index (χ2v) is 7.23. The number of aryl methyl sites for hydroxylation is 2. The summed E-state index contributed by atoms with van der Waals surface area (Å²) in [5.74, 6) is 0.374. The Balaban J connectivity index is 1.66. The van der Waals surface area contributed by atoms with E-state index < -0.39 is 0 Å². The lowest BCUT2D eigenvalue weighted by molar-refractivity contribution is 0.0958. The largest absolute Gasteiger partial charge is 0.488 e. The van der Waals surface area contributed by atoms with E-state index in [-0.39, 0.29) is 5.91 Å². The molecule has 0 radical (unpaired) electrons. The van der Waals surface area contributed by atoms with Gasteiger partial charge < -0.3 is 10.5 Å². The third-order valence-corrected chi connectivity index (χ3v) is 4.95. The van der Waals surface area contributed by atoms with Gasteiger partial charge in [0.05, 0.1) is 11.9 Å². The van der Waals surface area contributed by atoms with Crippen LogP contribution in [-0.2, 0) is 13.0 Å². The van der Waals surface area contributed by atoms with Gasteiger partial charge in [0, 0.05) is 5.56 Å². The minimum Gasteiger partial charge on any atom is -0.488 e. The summed E-state index contributed by atoms with van der Waals surface area (Å²) in [6.45, 7) is 4.43. The zero-order valence-corrected chi connectivity index (χ0v) is 16.6. The molecule has 1 aromatic heterocycles. The number of rotatable bonds is 7. The summed E-state index contributed by atoms with van der Waals surface area (Å²) >= 11 is 1.16. The molecule has 2 aromatic carbocycles. The third kappa shape index (κ3) is 4.95. The predicted octanol–water partition coefficient (Wildman–Crippen LogP) is 3.94. The molecule has 3 N–H and O–H groups in total. The molecule has 0 aliphatic heterocycles. The Labute approximate surface area is 168 Å². The highest BCUT2D eigenvalue weighted by Crippen LogP contribution is 2.21. The van der Waals surface area contributed by atoms with Crippen molar-refractivity contribution < 1.29 is 9.53 Å². The number of nitrogens with zero attached hydrogens (tertiary/aromatic N) is 2. The van der Waals surface area contributed by atoms with Gasteiger partial charge in [-0.25, -0.2) is 10.4 Å². The lowest BCUT2D eigenvalue weighted by Crippen LogP contribution is -2.17. The van der Waals surface area contributed by atoms with Crippen LogP contribution in [0.25, 0.3) is 0 Å². The minimum atomic E-state index is -0.319. The average molecular weight is 395 g/mol. The Morgan fingerprint density at radius 1 is 1.29 bits per heavy atom. The number of hydrazone groups is 1. The fourth-order valence-electron chi connectivity index (χ4n) is 2.68. The monoisotopic (exact) mass is 394 g/mol. The first-order valence-electron chi connectivity index (χ1n) is 8.92. The molecule has 0 spiro atoms. The molecule has 0 bridgehead atoms. The van der Waals surface area contributed by atoms with Gasteiger partial charge in [-0.2, -0.15) is 5.10 Å². The van der Waals surface area contributed by atoms with E-state index in [1.165, 1.54) is 5.56 Å². The Morgan fingerprint density at radius 2 is 2.11 bits per heavy atom. The number of amides is 1. The number of benzene rings is 2. The molecule has 0 saturated heterocycles. The van der Waals surface area contributed by atoms with Crippen molar-refractivity contribution >= 4 is 28.6 Å². The molecule has 0 unspecified atom stereocenters. The lowest BCUT2D eigenvalue weighted by Gasteiger charge is -2.09. The molecule has 28 heavy (non-hydrogen) atoms. The van der Waals surface area contributed by atoms with Gasteiger partial charge in [-0.15, -0.1) is 0 Å². The van der Waals surface area contributed by atoms with Crippen molar-refractivity contribution in [2.75, 3.05) is 5.73 Å². The highest BCUT2D eigenvalue weighted by molar-refractivity contribution is 7.17. The molecule has 1 heterocycles. The van der Waals surface area contributed by atoms with Crippen LogP contribution in [0.15, 0.2) is 53.6 Å². The van der Waals surface area contributed by atoms with Crippen molar-refractivity contribution in [1.29, 1.82) is 0 Å². The number of nitrogen functional groups attached to an aromatic ring is 1. The fraction of sp³-hybridized carbons (Fsp3) is 0.190. The molecule has 0 fully saturated rings. The zero-order valence-electron chi connectivity index (χ0n) is 15.8. The number of carbonyl (C=O) groups excluding carboxylic acids is 1. The molecule has 0 saturated carbocycles. The molecular weight excluding hydrogens is 372 g/mol. The maximum Gasteiger partial charge on any atom is 0.283 e. The lowest BCUT2D eigenvalue weighted by atomic mass is 10.1. The maximum atomic E-state index is 12.3. The summed E-state index contributed by atoms with van der Waals surface area (Å²) in [5, 5.41) is 4.44. The quantitative estimate of drug-likeness (QED) is 0.469. The van der Waals surface area contributed by atoms with E-state index in [9.17, 15) is 4.79 Å². The smallest absolute Gasteiger partial charge is 0.283 e. The Hall–Kier alpha value is -3.19. The SMILES string of the molecule is CCc1nc(N)sc1C(=O)NN=Cc1ccccc1OCc1cccc(C)c1. The number of nitrogens with one attached hydrogen (secondary N) is 1. The highest BCUT2D eigenvalue weighted by atomic mass is 32.1. The summed E-state index contributed by atoms with van der Waals surface area (Å²) in [6, 6.07) is 15.7. The summed E-state index contributed by atoms with van der Waals surface area (Å²) < 4.78 is 5.93. The fourth-order valence-corrected chi connectivity index (χ4v) is 3.49. The summed E-state index contributed by atoms with van der Waals surface area (Å²) in [4.78, 5) is 17.0. The predicted molar refractivity (Wildman–Crippen MR) is 113 cm³/mol. The van der Waals surface area contributed by atoms with Crippen molar-refractivity contribution in [3.63, 3.8) is 0 Å². The van der Waals surface area contributed by atoms with Gasteiger partial charge in [0.15, 0.2) is 5.13 Å². The molecule has 7 heteroatoms. The molecule has 3 rings (SSSR count). The zero-order chi connectivity index (χ0) is 19.9. The normalized spacial score (nSPS) is 10.9. The Kier molecular flexibility index (Phi) is 6.39. The highest BCUT2D eigenvalue weighted by Gasteiger charge is 2.15. The van der Waals surface area contributed by atoms with Crippen LogP contribution in [0.1, 0.15) is 39.0 Å². The van der Waals surface area contributed by atoms with Gasteiger partial charge in [0.25, 0.3) is 5.91 Å². The number of hydrogen-bond acceptors (Lipinski definition) is 6. The number of thiazole rings is 1. The number of ether oxygens (including phenoxy) is 1. The van der Waals surface area contributed by atoms with Gasteiger partial charge in [0.2, 0.25) is 0 Å². The summed E-state index contributed by atoms with van der Waals surface area (Å²) in [6.07, 6.45) is 2.20. The van der Waals surface area contributed by atoms with E-state index in [1.807, 2.05) is 56.3 Å². The average Bonchev–Trinajstić information content (AvgIpc) is 3.08. The van der Waals surface area contributed by atoms with Gasteiger partial charge in [0.1, 0.15) is 17.2 Å². The third-order valence-electron chi connectivity index (χ3n) is 4.02. The first-order valence-corrected chi connectivity index (χ1v) is 9.74. The van der Waals surface area contributed by atoms with Gasteiger partial charge in [-0.05, 0) is 31.0 Å². The van der Waals surface area contributed by atoms with Crippen LogP contribution >= 0.6 is 11.3 Å². The van der Waals surface area contributed by atoms with Crippen LogP contribution in [0.4, 0.5) is 5.13 Å². The Bertz CT molecular complexity index is 998. The second kappa shape index (κ2) is 9.14. The van der Waals surface area contributed by atoms with E-state index in [0.29, 0.717) is 34.5 Å². The number of anilines is 1. The van der Waals surface area contributed by atoms with Crippen molar-refractivity contribution in [2.45, 2.75) is 26.9 Å². The van der Waals surface area contributed by atoms with E-state index in [4.69, 9.17) is 10.5 Å². The molecule has 1 amide bonds. The summed E-state index contributed by atoms with van der Waals surface area (Å²) in [5.41, 5.74) is 12.0. The molecule has 0 aliphatic rings. The number of nitrogens with two attached hydrogens (primary N) is 1. The van der Waals surface area contributed by atoms with Crippen LogP contribution in [0, 0.1) is 6.92 Å². The molecular formula is C21H22N4O2S. The van der Waals surface area contributed by atoms with Crippen LogP contribution < -0.4 is 15.9 Å². The van der Waals surface area contributed by atoms with Gasteiger partial charge in [-0.1, -0.05) is 60.2 Å². The molecule has 144 valence electrons. The number of para-hydroxylation sites is 1. The standard InChI is InChI=1S/C21H22N4O2S/c1-3-17-19(28-21(22)24-17)20(26)25-23-12-16-9-4-5-10-18(16)27-13-15-8-6-7-14(2)11-15/h4-12H,3,13H2,1-2H3,(H2,22,24)(H,25,26). The molecule has 0 atom stereocenters. The molecule has 3 aromatic rings. The van der Waals surface area contributed by atoms with E-state index in [0.717, 1.165) is 22.5 Å². The van der Waals surface area contributed by atoms with E-state index in [2.05, 4.69) is 21.6 Å². The van der Waals surface area contributed by atoms with E-state index in [1.54, 1.807) is 6.21 Å². The maximum absolute atomic E-state index is 12.3. The second-order valence-electron chi connectivity index (χ2n) is 6.20. The van der Waals surface area contributed by atoms with Crippen molar-refractivity contribution in [3.05, 3.63) is 75.8 Å². The van der Waals surface area contributed by atoms with Crippen molar-refractivity contribution in [1.82, 2.24) is 10.4 Å². The minimum absolute atomic E-state index is 0.319. The molecule has 0 aliphatic carbocycles. The van der Waals surface area contributed by atoms with Crippen molar-refractivity contribution in [2.24, 2.45) is 5.10 Å². The van der Waals surface area contributed by atoms with Crippen LogP contribution in [-0.4, -0.2) is 17.1 Å². The van der Waals surface area contributed by atoms with Crippen molar-refractivity contribution in [3.8, 4) is 5.75 Å². The number of carbonyl (C=O) groups is 1. The first-order chi connectivity index (χ1) is 13.6.